The molecule has 0 radical (unpaired) electrons. The van der Waals surface area contributed by atoms with Gasteiger partial charge in [-0.1, -0.05) is 25.3 Å². The molecule has 0 atom stereocenters. The first-order valence-electron chi connectivity index (χ1n) is 9.46. The Hall–Kier alpha value is -1.95. The zero-order valence-electron chi connectivity index (χ0n) is 14.7. The predicted octanol–water partition coefficient (Wildman–Crippen LogP) is 4.65. The summed E-state index contributed by atoms with van der Waals surface area (Å²) in [5, 5.41) is 8.21. The molecule has 5 nitrogen and oxygen atoms in total. The number of hydrogen-bond acceptors (Lipinski definition) is 4. The van der Waals surface area contributed by atoms with Crippen LogP contribution in [0.15, 0.2) is 35.2 Å². The SMILES string of the molecule is Brc1cnn2c(NCc3cccnc3)c3c(nc12)C1(CCCCC1)CC3. The normalized spacial score (nSPS) is 18.3. The van der Waals surface area contributed by atoms with Gasteiger partial charge in [-0.3, -0.25) is 4.98 Å². The minimum absolute atomic E-state index is 0.282. The number of fused-ring (bicyclic) bond motifs is 3. The van der Waals surface area contributed by atoms with Gasteiger partial charge in [0, 0.05) is 29.9 Å². The molecular weight excluding hydrogens is 390 g/mol. The van der Waals surface area contributed by atoms with E-state index in [-0.39, 0.29) is 5.41 Å². The van der Waals surface area contributed by atoms with Gasteiger partial charge in [0.05, 0.1) is 16.4 Å². The fourth-order valence-corrected chi connectivity index (χ4v) is 5.09. The van der Waals surface area contributed by atoms with E-state index in [9.17, 15) is 0 Å². The van der Waals surface area contributed by atoms with Crippen LogP contribution in [0.3, 0.4) is 0 Å². The lowest BCUT2D eigenvalue weighted by atomic mass is 9.72. The molecule has 26 heavy (non-hydrogen) atoms. The van der Waals surface area contributed by atoms with Crippen molar-refractivity contribution in [2.24, 2.45) is 0 Å². The number of nitrogens with zero attached hydrogens (tertiary/aromatic N) is 4. The standard InChI is InChI=1S/C20H22BrN5/c21-16-13-24-26-18(23-12-14-5-4-10-22-11-14)15-6-9-20(7-2-1-3-8-20)17(15)25-19(16)26/h4-5,10-11,13,23H,1-3,6-9,12H2. The molecule has 2 aliphatic rings. The van der Waals surface area contributed by atoms with Crippen LogP contribution in [-0.4, -0.2) is 19.6 Å². The summed E-state index contributed by atoms with van der Waals surface area (Å²) < 4.78 is 2.92. The highest BCUT2D eigenvalue weighted by Gasteiger charge is 2.43. The van der Waals surface area contributed by atoms with Crippen molar-refractivity contribution in [2.45, 2.75) is 56.9 Å². The summed E-state index contributed by atoms with van der Waals surface area (Å²) in [5.41, 5.74) is 5.05. The van der Waals surface area contributed by atoms with E-state index in [0.29, 0.717) is 0 Å². The first kappa shape index (κ1) is 16.2. The number of hydrogen-bond donors (Lipinski definition) is 1. The van der Waals surface area contributed by atoms with E-state index in [0.717, 1.165) is 28.9 Å². The van der Waals surface area contributed by atoms with Crippen LogP contribution >= 0.6 is 15.9 Å². The minimum Gasteiger partial charge on any atom is -0.366 e. The van der Waals surface area contributed by atoms with Crippen LogP contribution in [0.1, 0.15) is 55.3 Å². The molecule has 0 aromatic carbocycles. The van der Waals surface area contributed by atoms with Crippen molar-refractivity contribution in [3.8, 4) is 0 Å². The smallest absolute Gasteiger partial charge is 0.171 e. The molecule has 5 rings (SSSR count). The van der Waals surface area contributed by atoms with Gasteiger partial charge in [-0.15, -0.1) is 0 Å². The van der Waals surface area contributed by atoms with Crippen molar-refractivity contribution >= 4 is 27.4 Å². The van der Waals surface area contributed by atoms with Crippen LogP contribution in [0, 0.1) is 0 Å². The second-order valence-electron chi connectivity index (χ2n) is 7.57. The average Bonchev–Trinajstić information content (AvgIpc) is 3.22. The van der Waals surface area contributed by atoms with Crippen LogP contribution in [0.4, 0.5) is 5.82 Å². The van der Waals surface area contributed by atoms with Gasteiger partial charge >= 0.3 is 0 Å². The Morgan fingerprint density at radius 2 is 2.04 bits per heavy atom. The fraction of sp³-hybridized carbons (Fsp3) is 0.450. The van der Waals surface area contributed by atoms with Crippen molar-refractivity contribution < 1.29 is 0 Å². The van der Waals surface area contributed by atoms with Gasteiger partial charge in [-0.2, -0.15) is 9.61 Å². The molecule has 3 heterocycles. The van der Waals surface area contributed by atoms with Gasteiger partial charge in [-0.05, 0) is 53.2 Å². The fourth-order valence-electron chi connectivity index (χ4n) is 4.74. The number of halogens is 1. The van der Waals surface area contributed by atoms with E-state index >= 15 is 0 Å². The lowest BCUT2D eigenvalue weighted by Gasteiger charge is -2.33. The first-order chi connectivity index (χ1) is 12.8. The van der Waals surface area contributed by atoms with Crippen LogP contribution in [-0.2, 0) is 18.4 Å². The van der Waals surface area contributed by atoms with E-state index in [1.54, 1.807) is 0 Å². The van der Waals surface area contributed by atoms with Crippen LogP contribution in [0.5, 0.6) is 0 Å². The molecule has 0 bridgehead atoms. The third kappa shape index (κ3) is 2.54. The summed E-state index contributed by atoms with van der Waals surface area (Å²) in [6, 6.07) is 4.07. The minimum atomic E-state index is 0.282. The van der Waals surface area contributed by atoms with E-state index in [1.165, 1.54) is 55.3 Å². The molecular formula is C20H22BrN5. The van der Waals surface area contributed by atoms with Gasteiger partial charge in [0.1, 0.15) is 5.82 Å². The third-order valence-electron chi connectivity index (χ3n) is 6.05. The number of rotatable bonds is 3. The van der Waals surface area contributed by atoms with E-state index in [2.05, 4.69) is 37.4 Å². The van der Waals surface area contributed by atoms with Gasteiger partial charge in [0.2, 0.25) is 0 Å². The third-order valence-corrected chi connectivity index (χ3v) is 6.61. The Morgan fingerprint density at radius 3 is 2.85 bits per heavy atom. The number of pyridine rings is 1. The highest BCUT2D eigenvalue weighted by molar-refractivity contribution is 9.10. The number of aromatic nitrogens is 4. The molecule has 6 heteroatoms. The molecule has 0 saturated heterocycles. The molecule has 134 valence electrons. The predicted molar refractivity (Wildman–Crippen MR) is 105 cm³/mol. The summed E-state index contributed by atoms with van der Waals surface area (Å²) in [6.07, 6.45) is 14.4. The van der Waals surface area contributed by atoms with Gasteiger partial charge < -0.3 is 5.32 Å². The van der Waals surface area contributed by atoms with Crippen LogP contribution in [0.25, 0.3) is 5.65 Å². The number of nitrogens with one attached hydrogen (secondary N) is 1. The summed E-state index contributed by atoms with van der Waals surface area (Å²) >= 11 is 3.63. The molecule has 1 fully saturated rings. The summed E-state index contributed by atoms with van der Waals surface area (Å²) in [4.78, 5) is 9.33. The Morgan fingerprint density at radius 1 is 1.15 bits per heavy atom. The van der Waals surface area contributed by atoms with Crippen LogP contribution in [0.2, 0.25) is 0 Å². The van der Waals surface area contributed by atoms with Crippen molar-refractivity contribution in [3.05, 3.63) is 52.0 Å². The summed E-state index contributed by atoms with van der Waals surface area (Å²) in [6.45, 7) is 0.740. The molecule has 1 N–H and O–H groups in total. The van der Waals surface area contributed by atoms with Gasteiger partial charge in [-0.25, -0.2) is 4.98 Å². The zero-order valence-corrected chi connectivity index (χ0v) is 16.3. The quantitative estimate of drug-likeness (QED) is 0.681. The molecule has 0 unspecified atom stereocenters. The molecule has 0 aliphatic heterocycles. The largest absolute Gasteiger partial charge is 0.366 e. The summed E-state index contributed by atoms with van der Waals surface area (Å²) in [7, 11) is 0. The zero-order chi connectivity index (χ0) is 17.6. The maximum Gasteiger partial charge on any atom is 0.171 e. The maximum atomic E-state index is 5.11. The molecule has 0 amide bonds. The van der Waals surface area contributed by atoms with Gasteiger partial charge in [0.15, 0.2) is 5.65 Å². The lowest BCUT2D eigenvalue weighted by Crippen LogP contribution is -2.27. The monoisotopic (exact) mass is 411 g/mol. The van der Waals surface area contributed by atoms with E-state index < -0.39 is 0 Å². The Kier molecular flexibility index (Phi) is 3.96. The lowest BCUT2D eigenvalue weighted by molar-refractivity contribution is 0.286. The molecule has 1 spiro atoms. The van der Waals surface area contributed by atoms with Crippen LogP contribution < -0.4 is 5.32 Å². The van der Waals surface area contributed by atoms with Crippen molar-refractivity contribution in [1.82, 2.24) is 19.6 Å². The Labute approximate surface area is 161 Å². The number of anilines is 1. The Bertz CT molecular complexity index is 944. The molecule has 3 aromatic heterocycles. The average molecular weight is 412 g/mol. The molecule has 2 aliphatic carbocycles. The molecule has 1 saturated carbocycles. The van der Waals surface area contributed by atoms with Crippen molar-refractivity contribution in [2.75, 3.05) is 5.32 Å². The first-order valence-corrected chi connectivity index (χ1v) is 10.3. The topological polar surface area (TPSA) is 55.1 Å². The summed E-state index contributed by atoms with van der Waals surface area (Å²) in [5.74, 6) is 1.10. The van der Waals surface area contributed by atoms with Crippen molar-refractivity contribution in [3.63, 3.8) is 0 Å². The van der Waals surface area contributed by atoms with Gasteiger partial charge in [0.25, 0.3) is 0 Å². The highest BCUT2D eigenvalue weighted by Crippen LogP contribution is 2.50. The van der Waals surface area contributed by atoms with E-state index in [1.807, 2.05) is 29.2 Å². The van der Waals surface area contributed by atoms with Crippen molar-refractivity contribution in [1.29, 1.82) is 0 Å². The molecule has 3 aromatic rings. The Balaban J connectivity index is 1.60. The second-order valence-corrected chi connectivity index (χ2v) is 8.43. The highest BCUT2D eigenvalue weighted by atomic mass is 79.9. The maximum absolute atomic E-state index is 5.11. The second kappa shape index (κ2) is 6.34. The van der Waals surface area contributed by atoms with E-state index in [4.69, 9.17) is 4.98 Å².